The fraction of sp³-hybridized carbons (Fsp3) is 0.467. The number of rotatable bonds is 5. The van der Waals surface area contributed by atoms with Gasteiger partial charge in [0.05, 0.1) is 0 Å². The molecule has 0 heterocycles. The van der Waals surface area contributed by atoms with Gasteiger partial charge in [-0.15, -0.1) is 12.3 Å². The van der Waals surface area contributed by atoms with E-state index in [1.54, 1.807) is 0 Å². The van der Waals surface area contributed by atoms with Crippen molar-refractivity contribution >= 4 is 0 Å². The molecule has 1 fully saturated rings. The first-order valence-electron chi connectivity index (χ1n) is 6.05. The molecule has 1 nitrogen and oxygen atoms in total. The summed E-state index contributed by atoms with van der Waals surface area (Å²) in [5.74, 6) is 3.52. The minimum Gasteiger partial charge on any atom is -0.309 e. The average molecular weight is 213 g/mol. The van der Waals surface area contributed by atoms with Crippen molar-refractivity contribution in [2.45, 2.75) is 44.7 Å². The van der Waals surface area contributed by atoms with E-state index in [0.717, 1.165) is 18.9 Å². The van der Waals surface area contributed by atoms with Gasteiger partial charge in [0, 0.05) is 19.0 Å². The molecule has 0 bridgehead atoms. The van der Waals surface area contributed by atoms with E-state index in [9.17, 15) is 0 Å². The highest BCUT2D eigenvalue weighted by Gasteiger charge is 2.22. The van der Waals surface area contributed by atoms with Gasteiger partial charge in [-0.05, 0) is 36.8 Å². The molecule has 0 amide bonds. The number of terminal acetylenes is 1. The highest BCUT2D eigenvalue weighted by molar-refractivity contribution is 5.27. The first kappa shape index (κ1) is 11.2. The number of hydrogen-bond acceptors (Lipinski definition) is 1. The second-order valence-electron chi connectivity index (χ2n) is 4.71. The van der Waals surface area contributed by atoms with E-state index in [-0.39, 0.29) is 0 Å². The van der Waals surface area contributed by atoms with Crippen molar-refractivity contribution in [3.8, 4) is 12.3 Å². The van der Waals surface area contributed by atoms with Gasteiger partial charge < -0.3 is 5.32 Å². The van der Waals surface area contributed by atoms with Crippen LogP contribution in [0.25, 0.3) is 0 Å². The summed E-state index contributed by atoms with van der Waals surface area (Å²) in [6.07, 6.45) is 8.80. The van der Waals surface area contributed by atoms with Gasteiger partial charge in [-0.25, -0.2) is 0 Å². The first-order valence-corrected chi connectivity index (χ1v) is 6.05. The minimum absolute atomic E-state index is 0.396. The molecule has 1 aromatic carbocycles. The first-order chi connectivity index (χ1) is 7.79. The highest BCUT2D eigenvalue weighted by atomic mass is 14.9. The van der Waals surface area contributed by atoms with Crippen LogP contribution in [0.15, 0.2) is 24.3 Å². The van der Waals surface area contributed by atoms with Gasteiger partial charge >= 0.3 is 0 Å². The maximum absolute atomic E-state index is 5.27. The van der Waals surface area contributed by atoms with Crippen molar-refractivity contribution in [3.63, 3.8) is 0 Å². The smallest absolute Gasteiger partial charge is 0.0238 e. The van der Waals surface area contributed by atoms with E-state index in [1.165, 1.54) is 24.0 Å². The van der Waals surface area contributed by atoms with Crippen LogP contribution < -0.4 is 5.32 Å². The van der Waals surface area contributed by atoms with E-state index < -0.39 is 0 Å². The Kier molecular flexibility index (Phi) is 3.64. The summed E-state index contributed by atoms with van der Waals surface area (Å²) in [7, 11) is 0. The Hall–Kier alpha value is -1.26. The largest absolute Gasteiger partial charge is 0.309 e. The van der Waals surface area contributed by atoms with E-state index in [2.05, 4.69) is 42.4 Å². The lowest BCUT2D eigenvalue weighted by Gasteiger charge is -2.11. The normalized spacial score (nSPS) is 16.8. The molecule has 2 rings (SSSR count). The molecular weight excluding hydrogens is 194 g/mol. The SMILES string of the molecule is C#CCC(C)NCc1ccc(C2CC2)cc1. The van der Waals surface area contributed by atoms with Crippen LogP contribution in [0.1, 0.15) is 43.2 Å². The molecule has 16 heavy (non-hydrogen) atoms. The Morgan fingerprint density at radius 2 is 2.06 bits per heavy atom. The predicted molar refractivity (Wildman–Crippen MR) is 68.2 cm³/mol. The van der Waals surface area contributed by atoms with Crippen molar-refractivity contribution in [1.29, 1.82) is 0 Å². The van der Waals surface area contributed by atoms with Gasteiger partial charge in [0.15, 0.2) is 0 Å². The summed E-state index contributed by atoms with van der Waals surface area (Å²) in [5, 5.41) is 3.42. The van der Waals surface area contributed by atoms with E-state index in [4.69, 9.17) is 6.42 Å². The van der Waals surface area contributed by atoms with Gasteiger partial charge in [0.25, 0.3) is 0 Å². The zero-order valence-electron chi connectivity index (χ0n) is 9.87. The molecule has 1 saturated carbocycles. The Morgan fingerprint density at radius 1 is 1.38 bits per heavy atom. The Morgan fingerprint density at radius 3 is 2.62 bits per heavy atom. The lowest BCUT2D eigenvalue weighted by atomic mass is 10.1. The summed E-state index contributed by atoms with van der Waals surface area (Å²) in [5.41, 5.74) is 2.84. The monoisotopic (exact) mass is 213 g/mol. The van der Waals surface area contributed by atoms with Gasteiger partial charge in [-0.1, -0.05) is 24.3 Å². The zero-order valence-corrected chi connectivity index (χ0v) is 9.87. The molecule has 1 aromatic rings. The number of benzene rings is 1. The molecule has 0 saturated heterocycles. The third kappa shape index (κ3) is 3.12. The van der Waals surface area contributed by atoms with Gasteiger partial charge in [0.2, 0.25) is 0 Å². The summed E-state index contributed by atoms with van der Waals surface area (Å²) >= 11 is 0. The van der Waals surface area contributed by atoms with Crippen LogP contribution in [-0.4, -0.2) is 6.04 Å². The molecule has 84 valence electrons. The molecule has 0 radical (unpaired) electrons. The highest BCUT2D eigenvalue weighted by Crippen LogP contribution is 2.39. The summed E-state index contributed by atoms with van der Waals surface area (Å²) in [6, 6.07) is 9.38. The molecule has 0 aliphatic heterocycles. The molecule has 1 aliphatic carbocycles. The van der Waals surface area contributed by atoms with Gasteiger partial charge in [-0.3, -0.25) is 0 Å². The van der Waals surface area contributed by atoms with Gasteiger partial charge in [-0.2, -0.15) is 0 Å². The Bertz CT molecular complexity index is 367. The van der Waals surface area contributed by atoms with Crippen LogP contribution in [0.2, 0.25) is 0 Å². The predicted octanol–water partition coefficient (Wildman–Crippen LogP) is 3.07. The van der Waals surface area contributed by atoms with Crippen LogP contribution >= 0.6 is 0 Å². The third-order valence-corrected chi connectivity index (χ3v) is 3.11. The van der Waals surface area contributed by atoms with Crippen molar-refractivity contribution < 1.29 is 0 Å². The molecule has 0 aromatic heterocycles. The Balaban J connectivity index is 1.83. The summed E-state index contributed by atoms with van der Waals surface area (Å²) < 4.78 is 0. The van der Waals surface area contributed by atoms with E-state index in [1.807, 2.05) is 0 Å². The standard InChI is InChI=1S/C15H19N/c1-3-4-12(2)16-11-13-5-7-14(8-6-13)15-9-10-15/h1,5-8,12,15-16H,4,9-11H2,2H3. The maximum atomic E-state index is 5.27. The van der Waals surface area contributed by atoms with Crippen LogP contribution in [-0.2, 0) is 6.54 Å². The lowest BCUT2D eigenvalue weighted by Crippen LogP contribution is -2.24. The molecule has 1 N–H and O–H groups in total. The second kappa shape index (κ2) is 5.18. The second-order valence-corrected chi connectivity index (χ2v) is 4.71. The number of hydrogen-bond donors (Lipinski definition) is 1. The van der Waals surface area contributed by atoms with Crippen LogP contribution in [0.3, 0.4) is 0 Å². The van der Waals surface area contributed by atoms with Crippen molar-refractivity contribution in [3.05, 3.63) is 35.4 Å². The summed E-state index contributed by atoms with van der Waals surface area (Å²) in [6.45, 7) is 3.03. The fourth-order valence-corrected chi connectivity index (χ4v) is 1.87. The fourth-order valence-electron chi connectivity index (χ4n) is 1.87. The molecular formula is C15H19N. The van der Waals surface area contributed by atoms with Crippen molar-refractivity contribution in [2.24, 2.45) is 0 Å². The van der Waals surface area contributed by atoms with Crippen molar-refractivity contribution in [1.82, 2.24) is 5.32 Å². The van der Waals surface area contributed by atoms with E-state index >= 15 is 0 Å². The quantitative estimate of drug-likeness (QED) is 0.741. The molecule has 1 unspecified atom stereocenters. The minimum atomic E-state index is 0.396. The van der Waals surface area contributed by atoms with E-state index in [0.29, 0.717) is 6.04 Å². The molecule has 0 spiro atoms. The molecule has 1 heteroatoms. The lowest BCUT2D eigenvalue weighted by molar-refractivity contribution is 0.559. The molecule has 1 aliphatic rings. The van der Waals surface area contributed by atoms with Crippen molar-refractivity contribution in [2.75, 3.05) is 0 Å². The topological polar surface area (TPSA) is 12.0 Å². The zero-order chi connectivity index (χ0) is 11.4. The summed E-state index contributed by atoms with van der Waals surface area (Å²) in [4.78, 5) is 0. The van der Waals surface area contributed by atoms with Crippen LogP contribution in [0.4, 0.5) is 0 Å². The number of nitrogens with one attached hydrogen (secondary N) is 1. The third-order valence-electron chi connectivity index (χ3n) is 3.11. The Labute approximate surface area is 98.3 Å². The maximum Gasteiger partial charge on any atom is 0.0238 e. The van der Waals surface area contributed by atoms with Gasteiger partial charge in [0.1, 0.15) is 0 Å². The molecule has 1 atom stereocenters. The average Bonchev–Trinajstić information content (AvgIpc) is 3.11. The van der Waals surface area contributed by atoms with Crippen LogP contribution in [0.5, 0.6) is 0 Å². The van der Waals surface area contributed by atoms with Crippen LogP contribution in [0, 0.1) is 12.3 Å².